The number of amides is 8. The number of carbonyl (C=O) groups excluding carboxylic acids is 6. The number of hydrogen-bond acceptors (Lipinski definition) is 10. The molecule has 0 aliphatic carbocycles. The summed E-state index contributed by atoms with van der Waals surface area (Å²) in [6.45, 7) is 0. The minimum Gasteiger partial charge on any atom is -0.275 e. The van der Waals surface area contributed by atoms with Gasteiger partial charge in [-0.25, -0.2) is 9.59 Å². The molecule has 2 aliphatic heterocycles. The van der Waals surface area contributed by atoms with E-state index in [1.54, 1.807) is 36.4 Å². The fourth-order valence-corrected chi connectivity index (χ4v) is 3.09. The number of rotatable bonds is 5. The van der Waals surface area contributed by atoms with Crippen LogP contribution in [-0.4, -0.2) is 46.7 Å². The average molecular weight is 462 g/mol. The van der Waals surface area contributed by atoms with E-state index in [9.17, 15) is 28.8 Å². The average Bonchev–Trinajstić information content (AvgIpc) is 2.81. The van der Waals surface area contributed by atoms with Gasteiger partial charge in [-0.3, -0.25) is 35.1 Å². The lowest BCUT2D eigenvalue weighted by Crippen LogP contribution is -2.64. The van der Waals surface area contributed by atoms with Crippen LogP contribution in [0, 0.1) is 0 Å². The molecular formula is C20H14N8O6. The number of azo groups is 1. The van der Waals surface area contributed by atoms with Gasteiger partial charge in [-0.1, -0.05) is 53.8 Å². The normalized spacial score (nSPS) is 20.5. The van der Waals surface area contributed by atoms with Crippen LogP contribution in [0.3, 0.4) is 0 Å². The molecule has 14 heteroatoms. The fraction of sp³-hybridized carbons (Fsp3) is 0.100. The van der Waals surface area contributed by atoms with Crippen LogP contribution in [0.1, 0.15) is 5.56 Å². The molecule has 0 bridgehead atoms. The number of nitrogens with zero attached hydrogens (tertiary/aromatic N) is 5. The van der Waals surface area contributed by atoms with Gasteiger partial charge in [0, 0.05) is 5.56 Å². The molecule has 1 unspecified atom stereocenters. The van der Waals surface area contributed by atoms with E-state index in [-0.39, 0.29) is 10.6 Å². The molecule has 2 aromatic carbocycles. The summed E-state index contributed by atoms with van der Waals surface area (Å²) in [5, 5.41) is 20.7. The first kappa shape index (κ1) is 22.1. The first-order valence-electron chi connectivity index (χ1n) is 9.63. The summed E-state index contributed by atoms with van der Waals surface area (Å²) in [6.07, 6.45) is 0. The van der Waals surface area contributed by atoms with E-state index in [0.29, 0.717) is 5.69 Å². The van der Waals surface area contributed by atoms with Crippen molar-refractivity contribution in [2.24, 2.45) is 20.6 Å². The van der Waals surface area contributed by atoms with Crippen LogP contribution in [0.15, 0.2) is 81.2 Å². The van der Waals surface area contributed by atoms with Gasteiger partial charge >= 0.3 is 12.1 Å². The summed E-state index contributed by atoms with van der Waals surface area (Å²) >= 11 is 0. The molecule has 8 amide bonds. The second-order valence-electron chi connectivity index (χ2n) is 6.90. The molecule has 2 fully saturated rings. The Kier molecular flexibility index (Phi) is 5.70. The van der Waals surface area contributed by atoms with Gasteiger partial charge < -0.3 is 0 Å². The van der Waals surface area contributed by atoms with Gasteiger partial charge in [0.05, 0.1) is 5.69 Å². The summed E-state index contributed by atoms with van der Waals surface area (Å²) in [5.41, 5.74) is -2.07. The summed E-state index contributed by atoms with van der Waals surface area (Å²) in [7, 11) is 0. The zero-order chi connectivity index (χ0) is 24.3. The maximum atomic E-state index is 12.8. The zero-order valence-corrected chi connectivity index (χ0v) is 17.0. The molecule has 0 saturated carbocycles. The van der Waals surface area contributed by atoms with E-state index >= 15 is 0 Å². The molecule has 2 saturated heterocycles. The highest BCUT2D eigenvalue weighted by Gasteiger charge is 2.53. The smallest absolute Gasteiger partial charge is 0.275 e. The Labute approximate surface area is 190 Å². The number of hydrogen-bond donors (Lipinski definition) is 3. The van der Waals surface area contributed by atoms with Gasteiger partial charge in [-0.05, 0) is 12.1 Å². The van der Waals surface area contributed by atoms with Crippen molar-refractivity contribution in [3.63, 3.8) is 0 Å². The summed E-state index contributed by atoms with van der Waals surface area (Å²) in [6, 6.07) is 11.3. The van der Waals surface area contributed by atoms with E-state index in [0.717, 1.165) is 0 Å². The van der Waals surface area contributed by atoms with Gasteiger partial charge in [0.15, 0.2) is 0 Å². The largest absolute Gasteiger partial charge is 0.353 e. The number of nitrogens with one attached hydrogen (secondary N) is 3. The molecule has 2 aliphatic rings. The Hall–Kier alpha value is -5.14. The van der Waals surface area contributed by atoms with Crippen LogP contribution in [-0.2, 0) is 24.7 Å². The van der Waals surface area contributed by atoms with E-state index in [4.69, 9.17) is 0 Å². The fourth-order valence-electron chi connectivity index (χ4n) is 3.09. The highest BCUT2D eigenvalue weighted by molar-refractivity contribution is 6.23. The highest BCUT2D eigenvalue weighted by Crippen LogP contribution is 2.30. The molecule has 34 heavy (non-hydrogen) atoms. The van der Waals surface area contributed by atoms with Gasteiger partial charge in [-0.15, -0.1) is 10.1 Å². The van der Waals surface area contributed by atoms with Crippen LogP contribution >= 0.6 is 0 Å². The number of barbiturate groups is 2. The van der Waals surface area contributed by atoms with Crippen molar-refractivity contribution < 1.29 is 28.8 Å². The third kappa shape index (κ3) is 3.90. The van der Waals surface area contributed by atoms with Crippen LogP contribution in [0.4, 0.5) is 15.3 Å². The molecule has 0 radical (unpaired) electrons. The molecule has 2 heterocycles. The molecule has 14 nitrogen and oxygen atoms in total. The summed E-state index contributed by atoms with van der Waals surface area (Å²) < 4.78 is 0. The third-order valence-corrected chi connectivity index (χ3v) is 4.75. The van der Waals surface area contributed by atoms with Crippen molar-refractivity contribution in [3.05, 3.63) is 66.2 Å². The summed E-state index contributed by atoms with van der Waals surface area (Å²) in [5.74, 6) is -4.65. The van der Waals surface area contributed by atoms with Crippen molar-refractivity contribution in [3.8, 4) is 0 Å². The van der Waals surface area contributed by atoms with E-state index < -0.39 is 47.3 Å². The highest BCUT2D eigenvalue weighted by atomic mass is 16.2. The minimum absolute atomic E-state index is 0.0154. The maximum Gasteiger partial charge on any atom is 0.353 e. The van der Waals surface area contributed by atoms with Gasteiger partial charge in [0.2, 0.25) is 6.04 Å². The van der Waals surface area contributed by atoms with Crippen molar-refractivity contribution in [2.75, 3.05) is 0 Å². The lowest BCUT2D eigenvalue weighted by Gasteiger charge is -2.30. The third-order valence-electron chi connectivity index (χ3n) is 4.75. The number of imide groups is 4. The van der Waals surface area contributed by atoms with E-state index in [1.807, 2.05) is 16.0 Å². The van der Waals surface area contributed by atoms with Crippen molar-refractivity contribution in [1.29, 1.82) is 0 Å². The van der Waals surface area contributed by atoms with Crippen molar-refractivity contribution in [1.82, 2.24) is 21.0 Å². The first-order valence-corrected chi connectivity index (χ1v) is 9.63. The standard InChI is InChI=1S/C20H14N8O6/c29-14-13(15(30)28(19(34)21-14)27-24-12-9-5-2-6-10-12)25-26-20(11-7-3-1-4-8-11)16(31)22-18(33)23-17(20)32/h1-10,13H,(H,21,29,34)(H2,22,23,31,32,33). The molecule has 1 atom stereocenters. The van der Waals surface area contributed by atoms with E-state index in [2.05, 4.69) is 20.6 Å². The predicted molar refractivity (Wildman–Crippen MR) is 110 cm³/mol. The topological polar surface area (TPSA) is 191 Å². The Morgan fingerprint density at radius 1 is 0.765 bits per heavy atom. The van der Waals surface area contributed by atoms with Crippen LogP contribution in [0.2, 0.25) is 0 Å². The van der Waals surface area contributed by atoms with Crippen LogP contribution < -0.4 is 16.0 Å². The molecule has 4 rings (SSSR count). The molecule has 0 aromatic heterocycles. The Bertz CT molecular complexity index is 1240. The lowest BCUT2D eigenvalue weighted by atomic mass is 9.87. The SMILES string of the molecule is O=C1NC(=O)C(N=NC2C(=O)NC(=O)N(N=Nc3ccccc3)C2=O)(c2ccccc2)C(=O)N1. The predicted octanol–water partition coefficient (Wildman–Crippen LogP) is 0.846. The van der Waals surface area contributed by atoms with Crippen molar-refractivity contribution in [2.45, 2.75) is 11.6 Å². The maximum absolute atomic E-state index is 12.8. The zero-order valence-electron chi connectivity index (χ0n) is 17.0. The van der Waals surface area contributed by atoms with Gasteiger partial charge in [0.1, 0.15) is 0 Å². The van der Waals surface area contributed by atoms with Gasteiger partial charge in [-0.2, -0.15) is 10.2 Å². The van der Waals surface area contributed by atoms with Crippen LogP contribution in [0.5, 0.6) is 0 Å². The Morgan fingerprint density at radius 3 is 1.97 bits per heavy atom. The quantitative estimate of drug-likeness (QED) is 0.435. The molecule has 0 spiro atoms. The van der Waals surface area contributed by atoms with Crippen LogP contribution in [0.25, 0.3) is 0 Å². The minimum atomic E-state index is -2.41. The molecular weight excluding hydrogens is 448 g/mol. The molecule has 3 N–H and O–H groups in total. The second kappa shape index (κ2) is 8.78. The monoisotopic (exact) mass is 462 g/mol. The molecule has 170 valence electrons. The van der Waals surface area contributed by atoms with E-state index in [1.165, 1.54) is 24.3 Å². The number of urea groups is 2. The molecule has 2 aromatic rings. The number of benzene rings is 2. The first-order chi connectivity index (χ1) is 16.3. The Morgan fingerprint density at radius 2 is 1.35 bits per heavy atom. The van der Waals surface area contributed by atoms with Crippen molar-refractivity contribution >= 4 is 41.4 Å². The van der Waals surface area contributed by atoms with Gasteiger partial charge in [0.25, 0.3) is 29.2 Å². The summed E-state index contributed by atoms with van der Waals surface area (Å²) in [4.78, 5) is 74.2. The Balaban J connectivity index is 1.69. The lowest BCUT2D eigenvalue weighted by molar-refractivity contribution is -0.142. The number of carbonyl (C=O) groups is 6. The second-order valence-corrected chi connectivity index (χ2v) is 6.90.